The average molecular weight is 422 g/mol. The summed E-state index contributed by atoms with van der Waals surface area (Å²) in [6.45, 7) is 2.03. The van der Waals surface area contributed by atoms with Crippen LogP contribution in [0.4, 0.5) is 11.4 Å². The zero-order chi connectivity index (χ0) is 21.1. The Balaban J connectivity index is 1.69. The summed E-state index contributed by atoms with van der Waals surface area (Å²) in [7, 11) is 0. The third-order valence-electron chi connectivity index (χ3n) is 5.41. The van der Waals surface area contributed by atoms with E-state index in [-0.39, 0.29) is 17.6 Å². The number of non-ortho nitro benzene ring substituents is 1. The molecular weight excluding hydrogens is 398 g/mol. The maximum absolute atomic E-state index is 13.3. The minimum absolute atomic E-state index is 0.0116. The van der Waals surface area contributed by atoms with Crippen LogP contribution >= 0.6 is 11.8 Å². The molecule has 6 nitrogen and oxygen atoms in total. The van der Waals surface area contributed by atoms with Crippen LogP contribution in [0.3, 0.4) is 0 Å². The summed E-state index contributed by atoms with van der Waals surface area (Å²) in [5.41, 5.74) is 2.62. The highest BCUT2D eigenvalue weighted by Crippen LogP contribution is 2.38. The van der Waals surface area contributed by atoms with Gasteiger partial charge >= 0.3 is 0 Å². The van der Waals surface area contributed by atoms with E-state index in [1.807, 2.05) is 36.1 Å². The number of carbonyl (C=O) groups excluding carboxylic acids is 1. The van der Waals surface area contributed by atoms with E-state index in [0.29, 0.717) is 15.6 Å². The monoisotopic (exact) mass is 421 g/mol. The van der Waals surface area contributed by atoms with Crippen LogP contribution in [-0.4, -0.2) is 26.9 Å². The first kappa shape index (κ1) is 20.3. The predicted molar refractivity (Wildman–Crippen MR) is 121 cm³/mol. The molecule has 1 aliphatic heterocycles. The first-order chi connectivity index (χ1) is 14.5. The third kappa shape index (κ3) is 4.46. The summed E-state index contributed by atoms with van der Waals surface area (Å²) >= 11 is 1.35. The molecule has 4 rings (SSSR count). The molecule has 1 aliphatic carbocycles. The predicted octanol–water partition coefficient (Wildman–Crippen LogP) is 5.84. The molecule has 2 fully saturated rings. The van der Waals surface area contributed by atoms with Crippen molar-refractivity contribution in [3.8, 4) is 0 Å². The third-order valence-corrected chi connectivity index (χ3v) is 6.40. The van der Waals surface area contributed by atoms with E-state index in [4.69, 9.17) is 4.99 Å². The van der Waals surface area contributed by atoms with Gasteiger partial charge in [0.25, 0.3) is 11.6 Å². The molecule has 0 bridgehead atoms. The minimum Gasteiger partial charge on any atom is -0.283 e. The van der Waals surface area contributed by atoms with Crippen LogP contribution in [0, 0.1) is 17.0 Å². The number of amides is 1. The van der Waals surface area contributed by atoms with Gasteiger partial charge < -0.3 is 0 Å². The average Bonchev–Trinajstić information content (AvgIpc) is 3.05. The van der Waals surface area contributed by atoms with Crippen molar-refractivity contribution < 1.29 is 9.72 Å². The highest BCUT2D eigenvalue weighted by molar-refractivity contribution is 8.18. The topological polar surface area (TPSA) is 75.8 Å². The molecule has 0 atom stereocenters. The molecule has 2 aromatic rings. The minimum atomic E-state index is -0.426. The Kier molecular flexibility index (Phi) is 5.99. The molecular formula is C23H23N3O3S. The summed E-state index contributed by atoms with van der Waals surface area (Å²) in [4.78, 5) is 31.1. The second-order valence-corrected chi connectivity index (χ2v) is 8.67. The van der Waals surface area contributed by atoms with E-state index < -0.39 is 4.92 Å². The fourth-order valence-electron chi connectivity index (χ4n) is 3.84. The number of amidine groups is 1. The summed E-state index contributed by atoms with van der Waals surface area (Å²) in [6.07, 6.45) is 7.11. The summed E-state index contributed by atoms with van der Waals surface area (Å²) in [6, 6.07) is 14.4. The van der Waals surface area contributed by atoms with E-state index in [2.05, 4.69) is 0 Å². The maximum atomic E-state index is 13.3. The second-order valence-electron chi connectivity index (χ2n) is 7.66. The van der Waals surface area contributed by atoms with Crippen molar-refractivity contribution in [3.63, 3.8) is 0 Å². The fourth-order valence-corrected chi connectivity index (χ4v) is 4.89. The number of aliphatic imine (C=N–C) groups is 1. The Hall–Kier alpha value is -2.93. The molecule has 0 radical (unpaired) electrons. The van der Waals surface area contributed by atoms with Crippen LogP contribution in [0.25, 0.3) is 6.08 Å². The number of rotatable bonds is 4. The first-order valence-electron chi connectivity index (χ1n) is 10.1. The molecule has 30 heavy (non-hydrogen) atoms. The molecule has 2 aliphatic rings. The van der Waals surface area contributed by atoms with Gasteiger partial charge in [0.05, 0.1) is 15.5 Å². The number of thioether (sulfide) groups is 1. The number of hydrogen-bond donors (Lipinski definition) is 0. The zero-order valence-electron chi connectivity index (χ0n) is 16.8. The van der Waals surface area contributed by atoms with Gasteiger partial charge in [-0.3, -0.25) is 19.8 Å². The Morgan fingerprint density at radius 3 is 2.57 bits per heavy atom. The van der Waals surface area contributed by atoms with Crippen LogP contribution in [0.15, 0.2) is 58.4 Å². The van der Waals surface area contributed by atoms with E-state index in [1.54, 1.807) is 18.2 Å². The summed E-state index contributed by atoms with van der Waals surface area (Å²) < 4.78 is 0. The number of carbonyl (C=O) groups is 1. The van der Waals surface area contributed by atoms with Gasteiger partial charge in [-0.2, -0.15) is 0 Å². The van der Waals surface area contributed by atoms with E-state index in [1.165, 1.54) is 30.3 Å². The van der Waals surface area contributed by atoms with E-state index >= 15 is 0 Å². The Bertz CT molecular complexity index is 1020. The van der Waals surface area contributed by atoms with Gasteiger partial charge in [0.2, 0.25) is 0 Å². The van der Waals surface area contributed by atoms with Crippen LogP contribution in [-0.2, 0) is 4.79 Å². The normalized spacial score (nSPS) is 20.3. The van der Waals surface area contributed by atoms with Crippen molar-refractivity contribution >= 4 is 40.3 Å². The Labute approximate surface area is 179 Å². The van der Waals surface area contributed by atoms with Crippen LogP contribution in [0.1, 0.15) is 43.2 Å². The maximum Gasteiger partial charge on any atom is 0.270 e. The van der Waals surface area contributed by atoms with Crippen molar-refractivity contribution in [3.05, 3.63) is 74.7 Å². The highest BCUT2D eigenvalue weighted by Gasteiger charge is 2.38. The SMILES string of the molecule is Cc1ccc(N=C2S/C(=C/c3cccc([N+](=O)[O-])c3)C(=O)N2C2CCCCC2)cc1. The van der Waals surface area contributed by atoms with Crippen molar-refractivity contribution in [2.24, 2.45) is 4.99 Å². The molecule has 1 heterocycles. The lowest BCUT2D eigenvalue weighted by Gasteiger charge is -2.30. The number of nitrogens with zero attached hydrogens (tertiary/aromatic N) is 3. The molecule has 1 saturated carbocycles. The van der Waals surface area contributed by atoms with Crippen molar-refractivity contribution in [2.45, 2.75) is 45.1 Å². The van der Waals surface area contributed by atoms with Gasteiger partial charge in [-0.05, 0) is 55.3 Å². The molecule has 0 unspecified atom stereocenters. The lowest BCUT2D eigenvalue weighted by Crippen LogP contribution is -2.40. The number of nitro benzene ring substituents is 1. The molecule has 0 aromatic heterocycles. The number of hydrogen-bond acceptors (Lipinski definition) is 5. The molecule has 0 spiro atoms. The van der Waals surface area contributed by atoms with E-state index in [9.17, 15) is 14.9 Å². The van der Waals surface area contributed by atoms with Gasteiger partial charge in [0, 0.05) is 18.2 Å². The second kappa shape index (κ2) is 8.83. The van der Waals surface area contributed by atoms with Gasteiger partial charge in [-0.15, -0.1) is 0 Å². The summed E-state index contributed by atoms with van der Waals surface area (Å²) in [5.74, 6) is -0.0655. The lowest BCUT2D eigenvalue weighted by atomic mass is 9.94. The summed E-state index contributed by atoms with van der Waals surface area (Å²) in [5, 5.41) is 11.8. The smallest absolute Gasteiger partial charge is 0.270 e. The van der Waals surface area contributed by atoms with Gasteiger partial charge in [-0.25, -0.2) is 4.99 Å². The first-order valence-corrected chi connectivity index (χ1v) is 11.0. The van der Waals surface area contributed by atoms with Crippen LogP contribution in [0.5, 0.6) is 0 Å². The van der Waals surface area contributed by atoms with E-state index in [0.717, 1.165) is 36.9 Å². The van der Waals surface area contributed by atoms with Crippen LogP contribution < -0.4 is 0 Å². The van der Waals surface area contributed by atoms with Crippen molar-refractivity contribution in [1.29, 1.82) is 0 Å². The molecule has 0 N–H and O–H groups in total. The Morgan fingerprint density at radius 1 is 1.13 bits per heavy atom. The number of nitro groups is 1. The van der Waals surface area contributed by atoms with Gasteiger partial charge in [-0.1, -0.05) is 49.1 Å². The zero-order valence-corrected chi connectivity index (χ0v) is 17.6. The molecule has 1 amide bonds. The molecule has 154 valence electrons. The largest absolute Gasteiger partial charge is 0.283 e. The highest BCUT2D eigenvalue weighted by atomic mass is 32.2. The standard InChI is InChI=1S/C23H23N3O3S/c1-16-10-12-18(13-11-16)24-23-25(19-7-3-2-4-8-19)22(27)21(30-23)15-17-6-5-9-20(14-17)26(28)29/h5-6,9-15,19H,2-4,7-8H2,1H3/b21-15+,24-23?. The molecule has 7 heteroatoms. The number of aryl methyl sites for hydroxylation is 1. The quantitative estimate of drug-likeness (QED) is 0.353. The Morgan fingerprint density at radius 2 is 1.87 bits per heavy atom. The van der Waals surface area contributed by atoms with Crippen molar-refractivity contribution in [2.75, 3.05) is 0 Å². The molecule has 1 saturated heterocycles. The number of benzene rings is 2. The lowest BCUT2D eigenvalue weighted by molar-refractivity contribution is -0.384. The van der Waals surface area contributed by atoms with Gasteiger partial charge in [0.15, 0.2) is 5.17 Å². The molecule has 2 aromatic carbocycles. The van der Waals surface area contributed by atoms with Gasteiger partial charge in [0.1, 0.15) is 0 Å². The fraction of sp³-hybridized carbons (Fsp3) is 0.304. The van der Waals surface area contributed by atoms with Crippen molar-refractivity contribution in [1.82, 2.24) is 4.90 Å². The van der Waals surface area contributed by atoms with Crippen LogP contribution in [0.2, 0.25) is 0 Å².